The molecule has 11 heteroatoms. The highest BCUT2D eigenvalue weighted by Gasteiger charge is 2.30. The van der Waals surface area contributed by atoms with Gasteiger partial charge in [-0.2, -0.15) is 21.9 Å². The van der Waals surface area contributed by atoms with Crippen molar-refractivity contribution < 1.29 is 0 Å². The van der Waals surface area contributed by atoms with Crippen LogP contribution in [0.2, 0.25) is 0 Å². The molecule has 1 aromatic carbocycles. The third-order valence-corrected chi connectivity index (χ3v) is 14.2. The van der Waals surface area contributed by atoms with Crippen LogP contribution in [-0.2, 0) is 0 Å². The van der Waals surface area contributed by atoms with Crippen molar-refractivity contribution in [2.45, 2.75) is 19.6 Å². The molecule has 164 valence electrons. The molecule has 0 unspecified atom stereocenters. The molecule has 0 spiro atoms. The Morgan fingerprint density at radius 3 is 1.42 bits per heavy atom. The van der Waals surface area contributed by atoms with Crippen molar-refractivity contribution >= 4 is 103 Å². The van der Waals surface area contributed by atoms with Crippen molar-refractivity contribution in [1.82, 2.24) is 0 Å². The summed E-state index contributed by atoms with van der Waals surface area (Å²) in [7, 11) is 0. The van der Waals surface area contributed by atoms with Crippen LogP contribution in [0.1, 0.15) is 9.75 Å². The molecule has 5 heterocycles. The second-order valence-electron chi connectivity index (χ2n) is 7.23. The number of hydrogen-bond donors (Lipinski definition) is 2. The Morgan fingerprint density at radius 1 is 0.636 bits per heavy atom. The molecule has 0 bridgehead atoms. The van der Waals surface area contributed by atoms with Crippen molar-refractivity contribution in [1.29, 1.82) is 10.5 Å². The average molecular weight is 559 g/mol. The molecular weight excluding hydrogens is 545 g/mol. The molecule has 0 saturated carbocycles. The lowest BCUT2D eigenvalue weighted by molar-refractivity contribution is 1.27. The Morgan fingerprint density at radius 2 is 1.03 bits per heavy atom. The lowest BCUT2D eigenvalue weighted by Gasteiger charge is -2.18. The number of benzene rings is 1. The van der Waals surface area contributed by atoms with Crippen LogP contribution >= 0.6 is 81.1 Å². The molecule has 33 heavy (non-hydrogen) atoms. The van der Waals surface area contributed by atoms with Crippen molar-refractivity contribution in [3.05, 3.63) is 20.5 Å². The van der Waals surface area contributed by atoms with E-state index in [1.54, 1.807) is 58.4 Å². The van der Waals surface area contributed by atoms with Gasteiger partial charge < -0.3 is 11.5 Å². The fraction of sp³-hybridized carbons (Fsp3) is 0.182. The van der Waals surface area contributed by atoms with E-state index in [0.717, 1.165) is 84.0 Å². The second kappa shape index (κ2) is 8.65. The summed E-state index contributed by atoms with van der Waals surface area (Å²) in [6.07, 6.45) is 0. The minimum absolute atomic E-state index is 0.565. The third kappa shape index (κ3) is 3.33. The molecule has 2 aliphatic heterocycles. The van der Waals surface area contributed by atoms with Gasteiger partial charge in [0.05, 0.1) is 30.9 Å². The van der Waals surface area contributed by atoms with Crippen molar-refractivity contribution in [2.75, 3.05) is 34.5 Å². The maximum atomic E-state index is 9.74. The van der Waals surface area contributed by atoms with Gasteiger partial charge in [-0.05, 0) is 10.8 Å². The summed E-state index contributed by atoms with van der Waals surface area (Å²) in [6, 6.07) is 4.77. The Balaban J connectivity index is 1.65. The molecule has 4 aromatic rings. The first kappa shape index (κ1) is 22.1. The van der Waals surface area contributed by atoms with Gasteiger partial charge in [0.1, 0.15) is 21.9 Å². The van der Waals surface area contributed by atoms with Gasteiger partial charge in [-0.3, -0.25) is 0 Å². The highest BCUT2D eigenvalue weighted by Crippen LogP contribution is 2.58. The molecule has 4 nitrogen and oxygen atoms in total. The summed E-state index contributed by atoms with van der Waals surface area (Å²) in [6.45, 7) is 0. The number of hydrogen-bond acceptors (Lipinski definition) is 11. The van der Waals surface area contributed by atoms with E-state index in [0.29, 0.717) is 11.4 Å². The summed E-state index contributed by atoms with van der Waals surface area (Å²) in [5.41, 5.74) is 16.6. The van der Waals surface area contributed by atoms with E-state index in [4.69, 9.17) is 11.5 Å². The zero-order chi connectivity index (χ0) is 22.7. The fourth-order valence-electron chi connectivity index (χ4n) is 4.11. The van der Waals surface area contributed by atoms with Crippen molar-refractivity contribution in [3.8, 4) is 33.0 Å². The van der Waals surface area contributed by atoms with Crippen LogP contribution in [0.15, 0.2) is 30.3 Å². The number of anilines is 2. The van der Waals surface area contributed by atoms with Crippen LogP contribution in [-0.4, -0.2) is 23.0 Å². The maximum absolute atomic E-state index is 9.74. The summed E-state index contributed by atoms with van der Waals surface area (Å²) in [4.78, 5) is 8.08. The van der Waals surface area contributed by atoms with Gasteiger partial charge in [-0.15, -0.1) is 69.7 Å². The fourth-order valence-corrected chi connectivity index (χ4v) is 12.9. The number of nitrogens with zero attached hydrogens (tertiary/aromatic N) is 2. The maximum Gasteiger partial charge on any atom is 0.120 e. The minimum atomic E-state index is 0.565. The van der Waals surface area contributed by atoms with Gasteiger partial charge in [0, 0.05) is 54.7 Å². The first-order valence-corrected chi connectivity index (χ1v) is 16.4. The minimum Gasteiger partial charge on any atom is -0.396 e. The van der Waals surface area contributed by atoms with E-state index < -0.39 is 0 Å². The third-order valence-electron chi connectivity index (χ3n) is 5.48. The van der Waals surface area contributed by atoms with Crippen LogP contribution in [0.25, 0.3) is 31.7 Å². The first-order valence-electron chi connectivity index (χ1n) is 9.86. The molecule has 0 fully saturated rings. The zero-order valence-corrected chi connectivity index (χ0v) is 22.6. The summed E-state index contributed by atoms with van der Waals surface area (Å²) in [5, 5.41) is 25.9. The van der Waals surface area contributed by atoms with Gasteiger partial charge in [0.25, 0.3) is 0 Å². The van der Waals surface area contributed by atoms with E-state index in [-0.39, 0.29) is 0 Å². The summed E-state index contributed by atoms with van der Waals surface area (Å²) < 4.78 is 0. The summed E-state index contributed by atoms with van der Waals surface area (Å²) >= 11 is 11.8. The largest absolute Gasteiger partial charge is 0.396 e. The van der Waals surface area contributed by atoms with Gasteiger partial charge in [-0.25, -0.2) is 0 Å². The molecule has 0 aliphatic carbocycles. The Kier molecular flexibility index (Phi) is 5.78. The van der Waals surface area contributed by atoms with E-state index in [1.807, 2.05) is 0 Å². The number of nitriles is 2. The topological polar surface area (TPSA) is 99.6 Å². The molecule has 0 atom stereocenters. The van der Waals surface area contributed by atoms with E-state index in [9.17, 15) is 10.5 Å². The quantitative estimate of drug-likeness (QED) is 0.242. The predicted molar refractivity (Wildman–Crippen MR) is 150 cm³/mol. The van der Waals surface area contributed by atoms with Gasteiger partial charge in [0.15, 0.2) is 0 Å². The van der Waals surface area contributed by atoms with E-state index >= 15 is 0 Å². The van der Waals surface area contributed by atoms with Crippen LogP contribution in [0.3, 0.4) is 0 Å². The highest BCUT2D eigenvalue weighted by atomic mass is 32.2. The zero-order valence-electron chi connectivity index (χ0n) is 16.9. The number of thiophene rings is 3. The average Bonchev–Trinajstić information content (AvgIpc) is 3.56. The normalized spacial score (nSPS) is 15.1. The smallest absolute Gasteiger partial charge is 0.120 e. The number of fused-ring (bicyclic) bond motifs is 3. The predicted octanol–water partition coefficient (Wildman–Crippen LogP) is 7.66. The Bertz CT molecular complexity index is 1420. The highest BCUT2D eigenvalue weighted by molar-refractivity contribution is 8.06. The standard InChI is InChI=1S/C22H14N4S7/c23-5-11-17-21(30-3-1-28-17)19(32-11)13-9-7-27-8-10(9)14(16(26)15(13)25)20-22-18(12(6-24)33-20)29-2-4-31-22/h7-8H,1-4,25-26H2. The molecule has 4 N–H and O–H groups in total. The van der Waals surface area contributed by atoms with Crippen LogP contribution in [0, 0.1) is 22.7 Å². The molecule has 2 aliphatic rings. The Labute approximate surface area is 219 Å². The van der Waals surface area contributed by atoms with Gasteiger partial charge in [-0.1, -0.05) is 0 Å². The molecule has 6 rings (SSSR count). The molecular formula is C22H14N4S7. The number of thioether (sulfide) groups is 4. The lowest BCUT2D eigenvalue weighted by Crippen LogP contribution is -2.02. The number of rotatable bonds is 2. The number of nitrogen functional groups attached to an aromatic ring is 2. The van der Waals surface area contributed by atoms with Crippen molar-refractivity contribution in [3.63, 3.8) is 0 Å². The summed E-state index contributed by atoms with van der Waals surface area (Å²) in [5.74, 6) is 4.04. The number of nitrogens with two attached hydrogens (primary N) is 2. The Hall–Kier alpha value is -1.44. The SMILES string of the molecule is N#Cc1sc(-c2c(N)c(N)c(-c3sc(C#N)c4c3SCCS4)c3cscc23)c2c1SCCS2. The van der Waals surface area contributed by atoms with Gasteiger partial charge in [0.2, 0.25) is 0 Å². The first-order chi connectivity index (χ1) is 16.1. The molecule has 0 radical (unpaired) electrons. The molecule has 3 aromatic heterocycles. The van der Waals surface area contributed by atoms with Crippen LogP contribution in [0.4, 0.5) is 11.4 Å². The lowest BCUT2D eigenvalue weighted by atomic mass is 9.97. The van der Waals surface area contributed by atoms with Crippen molar-refractivity contribution in [2.24, 2.45) is 0 Å². The molecule has 0 saturated heterocycles. The second-order valence-corrected chi connectivity index (χ2v) is 14.4. The van der Waals surface area contributed by atoms with E-state index in [1.165, 1.54) is 22.7 Å². The monoisotopic (exact) mass is 558 g/mol. The van der Waals surface area contributed by atoms with Crippen LogP contribution < -0.4 is 11.5 Å². The van der Waals surface area contributed by atoms with Crippen LogP contribution in [0.5, 0.6) is 0 Å². The van der Waals surface area contributed by atoms with Gasteiger partial charge >= 0.3 is 0 Å². The van der Waals surface area contributed by atoms with E-state index in [2.05, 4.69) is 22.9 Å². The molecule has 0 amide bonds.